The number of aliphatic hydroxyl groups excluding tert-OH is 1. The van der Waals surface area contributed by atoms with E-state index in [4.69, 9.17) is 9.84 Å². The second-order valence-corrected chi connectivity index (χ2v) is 6.46. The molecule has 1 aromatic rings. The van der Waals surface area contributed by atoms with Gasteiger partial charge in [0, 0.05) is 12.2 Å². The van der Waals surface area contributed by atoms with Gasteiger partial charge in [0.05, 0.1) is 30.6 Å². The molecule has 1 heterocycles. The van der Waals surface area contributed by atoms with Crippen LogP contribution in [0, 0.1) is 0 Å². The summed E-state index contributed by atoms with van der Waals surface area (Å²) in [5.41, 5.74) is 1.33. The highest BCUT2D eigenvalue weighted by molar-refractivity contribution is 7.89. The number of sulfonamides is 1. The van der Waals surface area contributed by atoms with Gasteiger partial charge in [0.2, 0.25) is 15.9 Å². The van der Waals surface area contributed by atoms with Crippen LogP contribution in [0.15, 0.2) is 23.1 Å². The predicted octanol–water partition coefficient (Wildman–Crippen LogP) is 0.0294. The van der Waals surface area contributed by atoms with Crippen molar-refractivity contribution in [3.05, 3.63) is 23.8 Å². The molecule has 8 heteroatoms. The molecule has 1 atom stereocenters. The normalized spacial score (nSPS) is 17.6. The van der Waals surface area contributed by atoms with Crippen molar-refractivity contribution >= 4 is 21.6 Å². The highest BCUT2D eigenvalue weighted by atomic mass is 32.2. The standard InChI is InChI=1S/C13H18N2O5S/c1-9-11-8-10(2-3-12(11)15-13(9)17)21(18,19)14-4-6-20-7-5-16/h2-3,8-9,14,16H,4-7H2,1H3,(H,15,17). The minimum atomic E-state index is -3.64. The molecule has 1 aromatic carbocycles. The molecular formula is C13H18N2O5S. The number of benzene rings is 1. The van der Waals surface area contributed by atoms with Gasteiger partial charge in [0.15, 0.2) is 0 Å². The van der Waals surface area contributed by atoms with Crippen LogP contribution in [-0.4, -0.2) is 45.8 Å². The molecule has 0 aliphatic carbocycles. The van der Waals surface area contributed by atoms with Crippen molar-refractivity contribution in [2.75, 3.05) is 31.7 Å². The van der Waals surface area contributed by atoms with Gasteiger partial charge in [-0.15, -0.1) is 0 Å². The Morgan fingerprint density at radius 3 is 2.86 bits per heavy atom. The van der Waals surface area contributed by atoms with Crippen molar-refractivity contribution in [2.45, 2.75) is 17.7 Å². The molecule has 0 fully saturated rings. The third-order valence-corrected chi connectivity index (χ3v) is 4.68. The summed E-state index contributed by atoms with van der Waals surface area (Å²) in [6.45, 7) is 2.10. The highest BCUT2D eigenvalue weighted by Crippen LogP contribution is 2.33. The monoisotopic (exact) mass is 314 g/mol. The van der Waals surface area contributed by atoms with E-state index >= 15 is 0 Å². The number of rotatable bonds is 7. The maximum Gasteiger partial charge on any atom is 0.240 e. The Bertz CT molecular complexity index is 629. The van der Waals surface area contributed by atoms with Crippen LogP contribution < -0.4 is 10.0 Å². The van der Waals surface area contributed by atoms with Crippen LogP contribution in [0.2, 0.25) is 0 Å². The Morgan fingerprint density at radius 2 is 2.14 bits per heavy atom. The first kappa shape index (κ1) is 15.9. The first-order chi connectivity index (χ1) is 9.95. The van der Waals surface area contributed by atoms with Gasteiger partial charge < -0.3 is 15.2 Å². The third kappa shape index (κ3) is 3.59. The maximum atomic E-state index is 12.1. The van der Waals surface area contributed by atoms with E-state index in [1.54, 1.807) is 13.0 Å². The Kier molecular flexibility index (Phi) is 4.94. The molecule has 0 spiro atoms. The lowest BCUT2D eigenvalue weighted by Gasteiger charge is -2.09. The van der Waals surface area contributed by atoms with Crippen molar-refractivity contribution in [1.82, 2.24) is 4.72 Å². The molecule has 0 saturated carbocycles. The van der Waals surface area contributed by atoms with E-state index < -0.39 is 10.0 Å². The number of ether oxygens (including phenoxy) is 1. The molecule has 0 bridgehead atoms. The number of fused-ring (bicyclic) bond motifs is 1. The van der Waals surface area contributed by atoms with Crippen molar-refractivity contribution in [2.24, 2.45) is 0 Å². The summed E-state index contributed by atoms with van der Waals surface area (Å²) in [5.74, 6) is -0.493. The fourth-order valence-electron chi connectivity index (χ4n) is 2.06. The van der Waals surface area contributed by atoms with Crippen LogP contribution in [0.3, 0.4) is 0 Å². The first-order valence-corrected chi connectivity index (χ1v) is 8.07. The molecule has 0 radical (unpaired) electrons. The average Bonchev–Trinajstić information content (AvgIpc) is 2.73. The Morgan fingerprint density at radius 1 is 1.38 bits per heavy atom. The van der Waals surface area contributed by atoms with Gasteiger partial charge in [-0.1, -0.05) is 0 Å². The predicted molar refractivity (Wildman–Crippen MR) is 76.6 cm³/mol. The van der Waals surface area contributed by atoms with E-state index in [1.807, 2.05) is 0 Å². The molecule has 2 rings (SSSR count). The number of anilines is 1. The fourth-order valence-corrected chi connectivity index (χ4v) is 3.11. The summed E-state index contributed by atoms with van der Waals surface area (Å²) in [6.07, 6.45) is 0. The highest BCUT2D eigenvalue weighted by Gasteiger charge is 2.28. The van der Waals surface area contributed by atoms with Gasteiger partial charge in [-0.25, -0.2) is 13.1 Å². The first-order valence-electron chi connectivity index (χ1n) is 6.59. The SMILES string of the molecule is CC1C(=O)Nc2ccc(S(=O)(=O)NCCOCCO)cc21. The van der Waals surface area contributed by atoms with E-state index in [9.17, 15) is 13.2 Å². The molecule has 3 N–H and O–H groups in total. The molecule has 116 valence electrons. The fraction of sp³-hybridized carbons (Fsp3) is 0.462. The number of hydrogen-bond acceptors (Lipinski definition) is 5. The van der Waals surface area contributed by atoms with Crippen LogP contribution in [0.1, 0.15) is 18.4 Å². The lowest BCUT2D eigenvalue weighted by Crippen LogP contribution is -2.27. The number of amides is 1. The van der Waals surface area contributed by atoms with Crippen molar-refractivity contribution in [3.63, 3.8) is 0 Å². The summed E-state index contributed by atoms with van der Waals surface area (Å²) in [4.78, 5) is 11.7. The van der Waals surface area contributed by atoms with E-state index in [0.29, 0.717) is 11.3 Å². The zero-order valence-electron chi connectivity index (χ0n) is 11.6. The molecule has 0 saturated heterocycles. The van der Waals surface area contributed by atoms with Crippen molar-refractivity contribution in [1.29, 1.82) is 0 Å². The number of carbonyl (C=O) groups is 1. The lowest BCUT2D eigenvalue weighted by atomic mass is 10.0. The zero-order valence-corrected chi connectivity index (χ0v) is 12.4. The minimum Gasteiger partial charge on any atom is -0.394 e. The van der Waals surface area contributed by atoms with Gasteiger partial charge in [0.25, 0.3) is 0 Å². The van der Waals surface area contributed by atoms with Crippen LogP contribution in [0.4, 0.5) is 5.69 Å². The maximum absolute atomic E-state index is 12.1. The van der Waals surface area contributed by atoms with E-state index in [0.717, 1.165) is 0 Å². The van der Waals surface area contributed by atoms with Crippen LogP contribution >= 0.6 is 0 Å². The van der Waals surface area contributed by atoms with Crippen LogP contribution in [-0.2, 0) is 19.6 Å². The topological polar surface area (TPSA) is 105 Å². The summed E-state index contributed by atoms with van der Waals surface area (Å²) >= 11 is 0. The number of aliphatic hydroxyl groups is 1. The smallest absolute Gasteiger partial charge is 0.240 e. The summed E-state index contributed by atoms with van der Waals surface area (Å²) in [6, 6.07) is 4.55. The molecule has 0 aromatic heterocycles. The van der Waals surface area contributed by atoms with Gasteiger partial charge in [-0.05, 0) is 30.7 Å². The van der Waals surface area contributed by atoms with Crippen molar-refractivity contribution in [3.8, 4) is 0 Å². The van der Waals surface area contributed by atoms with E-state index in [2.05, 4.69) is 10.0 Å². The molecule has 1 aliphatic heterocycles. The summed E-state index contributed by atoms with van der Waals surface area (Å²) in [5, 5.41) is 11.2. The molecule has 1 unspecified atom stereocenters. The average molecular weight is 314 g/mol. The quantitative estimate of drug-likeness (QED) is 0.616. The number of hydrogen-bond donors (Lipinski definition) is 3. The third-order valence-electron chi connectivity index (χ3n) is 3.23. The Hall–Kier alpha value is -1.48. The largest absolute Gasteiger partial charge is 0.394 e. The second-order valence-electron chi connectivity index (χ2n) is 4.69. The summed E-state index contributed by atoms with van der Waals surface area (Å²) in [7, 11) is -3.64. The Balaban J connectivity index is 2.06. The van der Waals surface area contributed by atoms with Crippen molar-refractivity contribution < 1.29 is 23.1 Å². The molecular weight excluding hydrogens is 296 g/mol. The molecule has 21 heavy (non-hydrogen) atoms. The second kappa shape index (κ2) is 6.52. The minimum absolute atomic E-state index is 0.101. The van der Waals surface area contributed by atoms with Gasteiger partial charge in [-0.2, -0.15) is 0 Å². The van der Waals surface area contributed by atoms with E-state index in [-0.39, 0.29) is 43.1 Å². The van der Waals surface area contributed by atoms with E-state index in [1.165, 1.54) is 12.1 Å². The Labute approximate surface area is 123 Å². The number of nitrogens with one attached hydrogen (secondary N) is 2. The zero-order chi connectivity index (χ0) is 15.5. The molecule has 1 aliphatic rings. The molecule has 7 nitrogen and oxygen atoms in total. The van der Waals surface area contributed by atoms with Gasteiger partial charge >= 0.3 is 0 Å². The van der Waals surface area contributed by atoms with Gasteiger partial charge in [0.1, 0.15) is 0 Å². The lowest BCUT2D eigenvalue weighted by molar-refractivity contribution is -0.116. The summed E-state index contributed by atoms with van der Waals surface area (Å²) < 4.78 is 31.7. The van der Waals surface area contributed by atoms with Crippen LogP contribution in [0.5, 0.6) is 0 Å². The van der Waals surface area contributed by atoms with Crippen LogP contribution in [0.25, 0.3) is 0 Å². The number of carbonyl (C=O) groups excluding carboxylic acids is 1. The van der Waals surface area contributed by atoms with Gasteiger partial charge in [-0.3, -0.25) is 4.79 Å². The molecule has 1 amide bonds.